The zero-order valence-electron chi connectivity index (χ0n) is 12.7. The van der Waals surface area contributed by atoms with Gasteiger partial charge in [-0.25, -0.2) is 13.1 Å². The van der Waals surface area contributed by atoms with Crippen LogP contribution in [0.5, 0.6) is 0 Å². The number of rotatable bonds is 4. The molecule has 6 nitrogen and oxygen atoms in total. The molecule has 1 aromatic carbocycles. The highest BCUT2D eigenvalue weighted by atomic mass is 32.2. The molecule has 114 valence electrons. The van der Waals surface area contributed by atoms with Crippen LogP contribution >= 0.6 is 0 Å². The summed E-state index contributed by atoms with van der Waals surface area (Å²) in [5.41, 5.74) is 0.516. The first-order valence-electron chi connectivity index (χ1n) is 6.63. The monoisotopic (exact) mass is 308 g/mol. The van der Waals surface area contributed by atoms with E-state index in [1.54, 1.807) is 23.9 Å². The second-order valence-corrected chi connectivity index (χ2v) is 7.70. The zero-order valence-corrected chi connectivity index (χ0v) is 13.5. The fourth-order valence-electron chi connectivity index (χ4n) is 2.05. The zero-order chi connectivity index (χ0) is 15.7. The molecule has 21 heavy (non-hydrogen) atoms. The van der Waals surface area contributed by atoms with Gasteiger partial charge in [-0.3, -0.25) is 4.68 Å². The third-order valence-corrected chi connectivity index (χ3v) is 4.09. The molecule has 0 saturated carbocycles. The van der Waals surface area contributed by atoms with E-state index in [1.807, 2.05) is 39.0 Å². The third-order valence-electron chi connectivity index (χ3n) is 2.88. The van der Waals surface area contributed by atoms with Crippen LogP contribution in [0.3, 0.4) is 0 Å². The maximum absolute atomic E-state index is 12.1. The molecule has 0 radical (unpaired) electrons. The minimum absolute atomic E-state index is 0.100. The molecule has 2 rings (SSSR count). The van der Waals surface area contributed by atoms with Gasteiger partial charge in [-0.15, -0.1) is 5.10 Å². The number of nitrogens with zero attached hydrogens (tertiary/aromatic N) is 3. The average Bonchev–Trinajstić information content (AvgIpc) is 2.69. The van der Waals surface area contributed by atoms with Gasteiger partial charge in [-0.1, -0.05) is 51.1 Å². The van der Waals surface area contributed by atoms with Gasteiger partial charge < -0.3 is 0 Å². The van der Waals surface area contributed by atoms with Gasteiger partial charge >= 0.3 is 0 Å². The van der Waals surface area contributed by atoms with Crippen LogP contribution in [0.1, 0.15) is 32.2 Å². The van der Waals surface area contributed by atoms with Crippen molar-refractivity contribution >= 4 is 16.0 Å². The molecular weight excluding hydrogens is 288 g/mol. The number of hydrogen-bond acceptors (Lipinski definition) is 4. The van der Waals surface area contributed by atoms with E-state index in [1.165, 1.54) is 0 Å². The number of benzene rings is 1. The molecule has 0 spiro atoms. The molecule has 0 unspecified atom stereocenters. The van der Waals surface area contributed by atoms with E-state index in [0.29, 0.717) is 0 Å². The fourth-order valence-corrected chi connectivity index (χ4v) is 3.12. The summed E-state index contributed by atoms with van der Waals surface area (Å²) in [7, 11) is -1.77. The number of nitrogens with one attached hydrogen (secondary N) is 1. The van der Waals surface area contributed by atoms with Crippen LogP contribution < -0.4 is 4.72 Å². The Balaban J connectivity index is 2.18. The summed E-state index contributed by atoms with van der Waals surface area (Å²) in [5, 5.41) is 4.12. The SMILES string of the molecule is Cn1nc(NS(=O)(=O)Cc2ccccc2)nc1C(C)(C)C. The highest BCUT2D eigenvalue weighted by Crippen LogP contribution is 2.21. The number of anilines is 1. The molecule has 1 aromatic heterocycles. The Morgan fingerprint density at radius 2 is 1.81 bits per heavy atom. The maximum Gasteiger partial charge on any atom is 0.255 e. The summed E-state index contributed by atoms with van der Waals surface area (Å²) in [6, 6.07) is 9.00. The highest BCUT2D eigenvalue weighted by Gasteiger charge is 2.23. The van der Waals surface area contributed by atoms with E-state index in [0.717, 1.165) is 11.4 Å². The Morgan fingerprint density at radius 3 is 2.33 bits per heavy atom. The van der Waals surface area contributed by atoms with Crippen molar-refractivity contribution in [3.63, 3.8) is 0 Å². The summed E-state index contributed by atoms with van der Waals surface area (Å²) in [4.78, 5) is 4.27. The van der Waals surface area contributed by atoms with Crippen molar-refractivity contribution < 1.29 is 8.42 Å². The Morgan fingerprint density at radius 1 is 1.19 bits per heavy atom. The quantitative estimate of drug-likeness (QED) is 0.938. The van der Waals surface area contributed by atoms with Crippen LogP contribution in [0.25, 0.3) is 0 Å². The molecule has 0 amide bonds. The number of sulfonamides is 1. The lowest BCUT2D eigenvalue weighted by Gasteiger charge is -2.15. The van der Waals surface area contributed by atoms with E-state index in [2.05, 4.69) is 14.8 Å². The van der Waals surface area contributed by atoms with Gasteiger partial charge in [0.15, 0.2) is 0 Å². The minimum Gasteiger partial charge on any atom is -0.250 e. The molecule has 1 heterocycles. The van der Waals surface area contributed by atoms with Crippen molar-refractivity contribution in [3.05, 3.63) is 41.7 Å². The third kappa shape index (κ3) is 4.04. The van der Waals surface area contributed by atoms with E-state index < -0.39 is 10.0 Å². The van der Waals surface area contributed by atoms with E-state index in [-0.39, 0.29) is 17.1 Å². The molecule has 1 N–H and O–H groups in total. The van der Waals surface area contributed by atoms with Crippen molar-refractivity contribution in [1.29, 1.82) is 0 Å². The van der Waals surface area contributed by atoms with E-state index in [9.17, 15) is 8.42 Å². The molecule has 0 aliphatic rings. The Bertz CT molecular complexity index is 715. The fraction of sp³-hybridized carbons (Fsp3) is 0.429. The van der Waals surface area contributed by atoms with Crippen LogP contribution in [0.15, 0.2) is 30.3 Å². The molecule has 0 aliphatic heterocycles. The van der Waals surface area contributed by atoms with E-state index in [4.69, 9.17) is 0 Å². The minimum atomic E-state index is -3.52. The second-order valence-electron chi connectivity index (χ2n) is 5.98. The van der Waals surface area contributed by atoms with Crippen LogP contribution in [0.4, 0.5) is 5.95 Å². The lowest BCUT2D eigenvalue weighted by molar-refractivity contribution is 0.506. The molecule has 2 aromatic rings. The van der Waals surface area contributed by atoms with Gasteiger partial charge in [-0.05, 0) is 5.56 Å². The molecule has 0 atom stereocenters. The molecular formula is C14H20N4O2S. The van der Waals surface area contributed by atoms with Crippen LogP contribution in [-0.2, 0) is 28.2 Å². The Kier molecular flexibility index (Phi) is 4.04. The first-order valence-corrected chi connectivity index (χ1v) is 8.28. The van der Waals surface area contributed by atoms with Crippen molar-refractivity contribution in [2.75, 3.05) is 4.72 Å². The van der Waals surface area contributed by atoms with Gasteiger partial charge in [0, 0.05) is 12.5 Å². The molecule has 0 aliphatic carbocycles. The first kappa shape index (κ1) is 15.5. The number of aromatic nitrogens is 3. The smallest absolute Gasteiger partial charge is 0.250 e. The Labute approximate surface area is 125 Å². The van der Waals surface area contributed by atoms with Crippen molar-refractivity contribution in [1.82, 2.24) is 14.8 Å². The van der Waals surface area contributed by atoms with Crippen LogP contribution in [-0.4, -0.2) is 23.2 Å². The molecule has 0 fully saturated rings. The van der Waals surface area contributed by atoms with Crippen molar-refractivity contribution in [2.45, 2.75) is 31.9 Å². The van der Waals surface area contributed by atoms with E-state index >= 15 is 0 Å². The van der Waals surface area contributed by atoms with Crippen molar-refractivity contribution in [2.24, 2.45) is 7.05 Å². The molecule has 7 heteroatoms. The predicted molar refractivity (Wildman–Crippen MR) is 82.4 cm³/mol. The molecule has 0 bridgehead atoms. The average molecular weight is 308 g/mol. The summed E-state index contributed by atoms with van der Waals surface area (Å²) < 4.78 is 28.3. The number of aryl methyl sites for hydroxylation is 1. The first-order chi connectivity index (χ1) is 9.67. The predicted octanol–water partition coefficient (Wildman–Crippen LogP) is 2.05. The summed E-state index contributed by atoms with van der Waals surface area (Å²) in [6.45, 7) is 6.00. The van der Waals surface area contributed by atoms with Crippen LogP contribution in [0.2, 0.25) is 0 Å². The van der Waals surface area contributed by atoms with Gasteiger partial charge in [0.2, 0.25) is 10.0 Å². The summed E-state index contributed by atoms with van der Waals surface area (Å²) in [6.07, 6.45) is 0. The largest absolute Gasteiger partial charge is 0.255 e. The van der Waals surface area contributed by atoms with Gasteiger partial charge in [0.1, 0.15) is 5.82 Å². The molecule has 0 saturated heterocycles. The summed E-state index contributed by atoms with van der Waals surface area (Å²) >= 11 is 0. The van der Waals surface area contributed by atoms with Crippen LogP contribution in [0, 0.1) is 0 Å². The maximum atomic E-state index is 12.1. The lowest BCUT2D eigenvalue weighted by atomic mass is 9.96. The second kappa shape index (κ2) is 5.48. The number of hydrogen-bond donors (Lipinski definition) is 1. The van der Waals surface area contributed by atoms with Crippen molar-refractivity contribution in [3.8, 4) is 0 Å². The van der Waals surface area contributed by atoms with Gasteiger partial charge in [0.25, 0.3) is 5.95 Å². The standard InChI is InChI=1S/C14H20N4O2S/c1-14(2,3)12-15-13(16-18(12)4)17-21(19,20)10-11-8-6-5-7-9-11/h5-9H,10H2,1-4H3,(H,16,17). The lowest BCUT2D eigenvalue weighted by Crippen LogP contribution is -2.18. The van der Waals surface area contributed by atoms with Gasteiger partial charge in [0.05, 0.1) is 5.75 Å². The topological polar surface area (TPSA) is 76.9 Å². The van der Waals surface area contributed by atoms with Gasteiger partial charge in [-0.2, -0.15) is 4.98 Å². The normalized spacial score (nSPS) is 12.4. The highest BCUT2D eigenvalue weighted by molar-refractivity contribution is 7.91. The summed E-state index contributed by atoms with van der Waals surface area (Å²) in [5.74, 6) is 0.731. The Hall–Kier alpha value is -1.89.